The zero-order valence-corrected chi connectivity index (χ0v) is 23.7. The lowest BCUT2D eigenvalue weighted by atomic mass is 9.85. The number of halogens is 3. The van der Waals surface area contributed by atoms with Gasteiger partial charge in [-0.3, -0.25) is 4.79 Å². The van der Waals surface area contributed by atoms with Gasteiger partial charge in [0.1, 0.15) is 5.75 Å². The van der Waals surface area contributed by atoms with Crippen molar-refractivity contribution >= 4 is 17.7 Å². The Kier molecular flexibility index (Phi) is 11.7. The largest absolute Gasteiger partial charge is 0.573 e. The number of amides is 2. The van der Waals surface area contributed by atoms with Gasteiger partial charge in [-0.25, -0.2) is 4.79 Å². The van der Waals surface area contributed by atoms with Gasteiger partial charge < -0.3 is 29.7 Å². The van der Waals surface area contributed by atoms with Crippen LogP contribution in [0.2, 0.25) is 0 Å². The van der Waals surface area contributed by atoms with Gasteiger partial charge in [0.05, 0.1) is 13.2 Å². The summed E-state index contributed by atoms with van der Waals surface area (Å²) in [7, 11) is 0. The molecule has 4 rings (SSSR count). The maximum absolute atomic E-state index is 13.4. The van der Waals surface area contributed by atoms with Crippen molar-refractivity contribution in [3.05, 3.63) is 60.2 Å². The van der Waals surface area contributed by atoms with Gasteiger partial charge in [-0.2, -0.15) is 0 Å². The van der Waals surface area contributed by atoms with Crippen LogP contribution in [0.25, 0.3) is 0 Å². The smallest absolute Gasteiger partial charge is 0.436 e. The highest BCUT2D eigenvalue weighted by atomic mass is 19.4. The summed E-state index contributed by atoms with van der Waals surface area (Å²) in [4.78, 5) is 28.3. The first-order valence-electron chi connectivity index (χ1n) is 14.7. The van der Waals surface area contributed by atoms with E-state index in [1.165, 1.54) is 30.7 Å². The third-order valence-electron chi connectivity index (χ3n) is 7.71. The van der Waals surface area contributed by atoms with E-state index < -0.39 is 18.6 Å². The fourth-order valence-corrected chi connectivity index (χ4v) is 5.47. The number of nitrogens with one attached hydrogen (secondary N) is 2. The summed E-state index contributed by atoms with van der Waals surface area (Å²) in [5.41, 5.74) is 1.67. The Balaban J connectivity index is 1.39. The predicted octanol–water partition coefficient (Wildman–Crippen LogP) is 5.92. The molecule has 2 atom stereocenters. The molecule has 0 aromatic heterocycles. The molecule has 1 heterocycles. The zero-order valence-electron chi connectivity index (χ0n) is 23.7. The van der Waals surface area contributed by atoms with Crippen LogP contribution in [0, 0.1) is 5.92 Å². The fourth-order valence-electron chi connectivity index (χ4n) is 5.47. The van der Waals surface area contributed by atoms with Crippen molar-refractivity contribution in [3.8, 4) is 5.75 Å². The molecule has 1 saturated carbocycles. The number of carbonyl (C=O) groups excluding carboxylic acids is 2. The van der Waals surface area contributed by atoms with Crippen LogP contribution in [-0.2, 0) is 20.7 Å². The minimum atomic E-state index is -4.76. The van der Waals surface area contributed by atoms with E-state index in [0.717, 1.165) is 31.2 Å². The van der Waals surface area contributed by atoms with Crippen molar-refractivity contribution in [3.63, 3.8) is 0 Å². The number of carbonyl (C=O) groups is 2. The van der Waals surface area contributed by atoms with E-state index in [4.69, 9.17) is 9.47 Å². The number of anilines is 1. The highest BCUT2D eigenvalue weighted by Crippen LogP contribution is 2.29. The van der Waals surface area contributed by atoms with Gasteiger partial charge >= 0.3 is 12.5 Å². The van der Waals surface area contributed by atoms with Crippen LogP contribution in [0.1, 0.15) is 50.5 Å². The molecule has 0 bridgehead atoms. The third kappa shape index (κ3) is 10.7. The van der Waals surface area contributed by atoms with Crippen LogP contribution in [0.4, 0.5) is 23.7 Å². The molecule has 0 spiro atoms. The second kappa shape index (κ2) is 15.7. The number of alkyl carbamates (subject to hydrolysis) is 1. The van der Waals surface area contributed by atoms with Crippen molar-refractivity contribution in [1.29, 1.82) is 0 Å². The Labute approximate surface area is 244 Å². The third-order valence-corrected chi connectivity index (χ3v) is 7.71. The van der Waals surface area contributed by atoms with Gasteiger partial charge in [0.15, 0.2) is 6.10 Å². The monoisotopic (exact) mass is 591 g/mol. The van der Waals surface area contributed by atoms with Gasteiger partial charge in [0.2, 0.25) is 0 Å². The highest BCUT2D eigenvalue weighted by Gasteiger charge is 2.33. The molecule has 0 radical (unpaired) electrons. The van der Waals surface area contributed by atoms with Crippen LogP contribution >= 0.6 is 0 Å². The van der Waals surface area contributed by atoms with E-state index in [2.05, 4.69) is 15.4 Å². The van der Waals surface area contributed by atoms with Gasteiger partial charge in [-0.15, -0.1) is 13.2 Å². The van der Waals surface area contributed by atoms with E-state index in [0.29, 0.717) is 63.7 Å². The van der Waals surface area contributed by atoms with E-state index >= 15 is 0 Å². The minimum absolute atomic E-state index is 0.181. The van der Waals surface area contributed by atoms with E-state index in [9.17, 15) is 22.8 Å². The normalized spacial score (nSPS) is 17.6. The number of hydrogen-bond acceptors (Lipinski definition) is 6. The molecule has 230 valence electrons. The molecule has 1 saturated heterocycles. The van der Waals surface area contributed by atoms with E-state index in [-0.39, 0.29) is 17.7 Å². The molecule has 0 unspecified atom stereocenters. The Morgan fingerprint density at radius 1 is 0.976 bits per heavy atom. The topological polar surface area (TPSA) is 89.1 Å². The molecule has 2 aromatic rings. The molecule has 1 aliphatic heterocycles. The first-order chi connectivity index (χ1) is 20.2. The standard InChI is InChI=1S/C31H40F3N3O5/c32-31(33,34)42-27-15-13-25(14-16-27)35-22-26(12-11-23-7-3-1-4-8-23)36-30(39)41-28(21-24-9-5-2-6-10-24)29(38)37-17-19-40-20-18-37/h1,3-4,7-8,13-16,24,26,28,35H,2,5-6,9-12,17-22H2,(H,36,39)/t26-,28-/m0/s1. The molecule has 2 aromatic carbocycles. The van der Waals surface area contributed by atoms with E-state index in [1.54, 1.807) is 4.90 Å². The number of aryl methyl sites for hydroxylation is 1. The number of rotatable bonds is 12. The summed E-state index contributed by atoms with van der Waals surface area (Å²) < 4.78 is 52.7. The first kappa shape index (κ1) is 31.5. The minimum Gasteiger partial charge on any atom is -0.436 e. The summed E-state index contributed by atoms with van der Waals surface area (Å²) in [6, 6.07) is 14.9. The Bertz CT molecular complexity index is 1110. The zero-order chi connectivity index (χ0) is 29.8. The van der Waals surface area contributed by atoms with E-state index in [1.807, 2.05) is 30.3 Å². The van der Waals surface area contributed by atoms with Crippen LogP contribution in [-0.4, -0.2) is 68.3 Å². The number of alkyl halides is 3. The maximum atomic E-state index is 13.4. The molecular weight excluding hydrogens is 551 g/mol. The molecule has 11 heteroatoms. The lowest BCUT2D eigenvalue weighted by Gasteiger charge is -2.32. The molecule has 2 fully saturated rings. The summed E-state index contributed by atoms with van der Waals surface area (Å²) in [5, 5.41) is 6.11. The van der Waals surface area contributed by atoms with Crippen LogP contribution < -0.4 is 15.4 Å². The Morgan fingerprint density at radius 2 is 1.67 bits per heavy atom. The number of hydrogen-bond donors (Lipinski definition) is 2. The highest BCUT2D eigenvalue weighted by molar-refractivity contribution is 5.83. The quantitative estimate of drug-likeness (QED) is 0.319. The average molecular weight is 592 g/mol. The lowest BCUT2D eigenvalue weighted by molar-refractivity contribution is -0.274. The Hall–Kier alpha value is -3.47. The summed E-state index contributed by atoms with van der Waals surface area (Å²) >= 11 is 0. The molecule has 2 aliphatic rings. The van der Waals surface area contributed by atoms with Crippen molar-refractivity contribution in [2.75, 3.05) is 38.2 Å². The summed E-state index contributed by atoms with van der Waals surface area (Å²) in [6.45, 7) is 2.17. The van der Waals surface area contributed by atoms with Gasteiger partial charge in [0, 0.05) is 31.4 Å². The fraction of sp³-hybridized carbons (Fsp3) is 0.548. The lowest BCUT2D eigenvalue weighted by Crippen LogP contribution is -2.49. The number of morpholine rings is 1. The second-order valence-electron chi connectivity index (χ2n) is 10.9. The number of ether oxygens (including phenoxy) is 3. The molecule has 8 nitrogen and oxygen atoms in total. The predicted molar refractivity (Wildman–Crippen MR) is 152 cm³/mol. The van der Waals surface area contributed by atoms with Gasteiger partial charge in [-0.1, -0.05) is 62.4 Å². The molecule has 2 N–H and O–H groups in total. The SMILES string of the molecule is O=C(N[C@@H](CCc1ccccc1)CNc1ccc(OC(F)(F)F)cc1)O[C@@H](CC1CCCCC1)C(=O)N1CCOCC1. The van der Waals surface area contributed by atoms with Crippen molar-refractivity contribution in [2.24, 2.45) is 5.92 Å². The Morgan fingerprint density at radius 3 is 2.33 bits per heavy atom. The maximum Gasteiger partial charge on any atom is 0.573 e. The van der Waals surface area contributed by atoms with Gasteiger partial charge in [-0.05, 0) is 55.0 Å². The first-order valence-corrected chi connectivity index (χ1v) is 14.7. The summed E-state index contributed by atoms with van der Waals surface area (Å²) in [5.74, 6) is -0.162. The molecular formula is C31H40F3N3O5. The second-order valence-corrected chi connectivity index (χ2v) is 10.9. The van der Waals surface area contributed by atoms with Crippen molar-refractivity contribution in [1.82, 2.24) is 10.2 Å². The van der Waals surface area contributed by atoms with Crippen LogP contribution in [0.15, 0.2) is 54.6 Å². The molecule has 42 heavy (non-hydrogen) atoms. The number of nitrogens with zero attached hydrogens (tertiary/aromatic N) is 1. The summed E-state index contributed by atoms with van der Waals surface area (Å²) in [6.07, 6.45) is 0.939. The number of benzene rings is 2. The average Bonchev–Trinajstić information content (AvgIpc) is 2.99. The van der Waals surface area contributed by atoms with Crippen molar-refractivity contribution < 1.29 is 37.0 Å². The van der Waals surface area contributed by atoms with Crippen LogP contribution in [0.5, 0.6) is 5.75 Å². The molecule has 1 aliphatic carbocycles. The van der Waals surface area contributed by atoms with Crippen molar-refractivity contribution in [2.45, 2.75) is 69.9 Å². The van der Waals surface area contributed by atoms with Crippen LogP contribution in [0.3, 0.4) is 0 Å². The van der Waals surface area contributed by atoms with Gasteiger partial charge in [0.25, 0.3) is 5.91 Å². The molecule has 2 amide bonds.